The number of thiazole rings is 1. The second kappa shape index (κ2) is 9.86. The van der Waals surface area contributed by atoms with E-state index in [0.29, 0.717) is 43.0 Å². The second-order valence-corrected chi connectivity index (χ2v) is 11.2. The second-order valence-electron chi connectivity index (χ2n) is 8.18. The number of sulfonamides is 1. The highest BCUT2D eigenvalue weighted by Crippen LogP contribution is 2.32. The molecule has 0 radical (unpaired) electrons. The van der Waals surface area contributed by atoms with Crippen LogP contribution in [-0.4, -0.2) is 63.0 Å². The van der Waals surface area contributed by atoms with Crippen LogP contribution < -0.4 is 10.2 Å². The number of carbonyl (C=O) groups excluding carboxylic acids is 1. The number of benzene rings is 1. The third-order valence-electron chi connectivity index (χ3n) is 6.20. The van der Waals surface area contributed by atoms with E-state index in [9.17, 15) is 13.2 Å². The van der Waals surface area contributed by atoms with E-state index in [4.69, 9.17) is 4.74 Å². The number of anilines is 2. The third-order valence-corrected chi connectivity index (χ3v) is 9.15. The molecule has 0 bridgehead atoms. The van der Waals surface area contributed by atoms with Crippen molar-refractivity contribution in [2.45, 2.75) is 50.0 Å². The summed E-state index contributed by atoms with van der Waals surface area (Å²) in [6.07, 6.45) is 7.06. The monoisotopic (exact) mass is 478 g/mol. The summed E-state index contributed by atoms with van der Waals surface area (Å²) in [7, 11) is -1.73. The van der Waals surface area contributed by atoms with Gasteiger partial charge >= 0.3 is 0 Å². The smallest absolute Gasteiger partial charge is 0.259 e. The molecule has 1 saturated carbocycles. The van der Waals surface area contributed by atoms with Crippen molar-refractivity contribution >= 4 is 38.1 Å². The summed E-state index contributed by atoms with van der Waals surface area (Å²) in [6.45, 7) is 3.41. The van der Waals surface area contributed by atoms with Crippen molar-refractivity contribution in [2.24, 2.45) is 0 Å². The van der Waals surface area contributed by atoms with Gasteiger partial charge < -0.3 is 9.64 Å². The molecule has 0 atom stereocenters. The van der Waals surface area contributed by atoms with E-state index in [0.717, 1.165) is 29.8 Å². The topological polar surface area (TPSA) is 91.8 Å². The standard InChI is InChI=1S/C22H30N4O4S2/c1-3-17-15-23-22(31-17)24-21(27)19-14-18(32(28,29)26-10-12-30-13-11-26)8-9-20(19)25(2)16-6-4-5-7-16/h8-9,14-16H,3-7,10-13H2,1-2H3,(H,23,24,27). The number of aromatic nitrogens is 1. The number of carbonyl (C=O) groups is 1. The van der Waals surface area contributed by atoms with Gasteiger partial charge in [0.15, 0.2) is 5.13 Å². The minimum absolute atomic E-state index is 0.126. The number of hydrogen-bond donors (Lipinski definition) is 1. The summed E-state index contributed by atoms with van der Waals surface area (Å²) >= 11 is 1.43. The molecule has 174 valence electrons. The Hall–Kier alpha value is -2.01. The highest BCUT2D eigenvalue weighted by molar-refractivity contribution is 7.89. The van der Waals surface area contributed by atoms with E-state index < -0.39 is 10.0 Å². The molecule has 32 heavy (non-hydrogen) atoms. The highest BCUT2D eigenvalue weighted by atomic mass is 32.2. The van der Waals surface area contributed by atoms with Crippen molar-refractivity contribution in [1.82, 2.24) is 9.29 Å². The quantitative estimate of drug-likeness (QED) is 0.656. The Balaban J connectivity index is 1.69. The number of nitrogens with one attached hydrogen (secondary N) is 1. The Morgan fingerprint density at radius 3 is 2.66 bits per heavy atom. The summed E-state index contributed by atoms with van der Waals surface area (Å²) in [5, 5.41) is 3.39. The molecule has 2 aliphatic rings. The van der Waals surface area contributed by atoms with Gasteiger partial charge in [-0.2, -0.15) is 4.31 Å². The molecular weight excluding hydrogens is 448 g/mol. The first-order valence-corrected chi connectivity index (χ1v) is 13.4. The highest BCUT2D eigenvalue weighted by Gasteiger charge is 2.30. The molecule has 1 aliphatic heterocycles. The van der Waals surface area contributed by atoms with Crippen molar-refractivity contribution in [3.05, 3.63) is 34.8 Å². The molecule has 2 fully saturated rings. The number of aryl methyl sites for hydroxylation is 1. The van der Waals surface area contributed by atoms with Gasteiger partial charge in [-0.3, -0.25) is 10.1 Å². The summed E-state index contributed by atoms with van der Waals surface area (Å²) in [6, 6.07) is 5.23. The van der Waals surface area contributed by atoms with Gasteiger partial charge in [0, 0.05) is 42.9 Å². The average Bonchev–Trinajstić information content (AvgIpc) is 3.51. The van der Waals surface area contributed by atoms with Gasteiger partial charge in [0.05, 0.1) is 23.7 Å². The van der Waals surface area contributed by atoms with Crippen molar-refractivity contribution in [3.8, 4) is 0 Å². The molecule has 1 aromatic heterocycles. The number of morpholine rings is 1. The maximum atomic E-state index is 13.3. The van der Waals surface area contributed by atoms with Crippen LogP contribution in [0.4, 0.5) is 10.8 Å². The third kappa shape index (κ3) is 4.83. The Labute approximate surface area is 193 Å². The molecule has 1 aliphatic carbocycles. The molecule has 0 unspecified atom stereocenters. The lowest BCUT2D eigenvalue weighted by molar-refractivity contribution is 0.0730. The number of amides is 1. The predicted octanol–water partition coefficient (Wildman–Crippen LogP) is 3.36. The van der Waals surface area contributed by atoms with Crippen LogP contribution in [0, 0.1) is 0 Å². The lowest BCUT2D eigenvalue weighted by atomic mass is 10.1. The summed E-state index contributed by atoms with van der Waals surface area (Å²) in [5.74, 6) is -0.346. The van der Waals surface area contributed by atoms with Crippen LogP contribution in [0.25, 0.3) is 0 Å². The van der Waals surface area contributed by atoms with Crippen LogP contribution >= 0.6 is 11.3 Å². The van der Waals surface area contributed by atoms with Gasteiger partial charge in [-0.05, 0) is 37.5 Å². The zero-order valence-electron chi connectivity index (χ0n) is 18.5. The first-order valence-electron chi connectivity index (χ1n) is 11.1. The van der Waals surface area contributed by atoms with Crippen molar-refractivity contribution in [3.63, 3.8) is 0 Å². The fraction of sp³-hybridized carbons (Fsp3) is 0.545. The predicted molar refractivity (Wildman–Crippen MR) is 126 cm³/mol. The van der Waals surface area contributed by atoms with Crippen LogP contribution in [0.5, 0.6) is 0 Å². The SMILES string of the molecule is CCc1cnc(NC(=O)c2cc(S(=O)(=O)N3CCOCC3)ccc2N(C)C2CCCC2)s1. The van der Waals surface area contributed by atoms with Crippen LogP contribution in [0.15, 0.2) is 29.3 Å². The largest absolute Gasteiger partial charge is 0.379 e. The average molecular weight is 479 g/mol. The lowest BCUT2D eigenvalue weighted by Gasteiger charge is -2.29. The van der Waals surface area contributed by atoms with E-state index in [1.54, 1.807) is 18.3 Å². The summed E-state index contributed by atoms with van der Waals surface area (Å²) in [5.41, 5.74) is 1.09. The molecule has 2 aromatic rings. The molecule has 2 heterocycles. The van der Waals surface area contributed by atoms with E-state index in [1.165, 1.54) is 34.6 Å². The number of nitrogens with zero attached hydrogens (tertiary/aromatic N) is 3. The molecule has 8 nitrogen and oxygen atoms in total. The van der Waals surface area contributed by atoms with E-state index in [1.807, 2.05) is 14.0 Å². The Morgan fingerprint density at radius 1 is 1.28 bits per heavy atom. The van der Waals surface area contributed by atoms with E-state index in [-0.39, 0.29) is 10.8 Å². The number of rotatable bonds is 7. The zero-order valence-corrected chi connectivity index (χ0v) is 20.2. The minimum Gasteiger partial charge on any atom is -0.379 e. The van der Waals surface area contributed by atoms with Gasteiger partial charge in [-0.1, -0.05) is 19.8 Å². The van der Waals surface area contributed by atoms with Crippen molar-refractivity contribution in [2.75, 3.05) is 43.6 Å². The van der Waals surface area contributed by atoms with Gasteiger partial charge in [0.2, 0.25) is 10.0 Å². The van der Waals surface area contributed by atoms with Gasteiger partial charge in [-0.25, -0.2) is 13.4 Å². The molecule has 10 heteroatoms. The van der Waals surface area contributed by atoms with Crippen molar-refractivity contribution in [1.29, 1.82) is 0 Å². The fourth-order valence-corrected chi connectivity index (χ4v) is 6.46. The van der Waals surface area contributed by atoms with Crippen LogP contribution in [-0.2, 0) is 21.2 Å². The molecule has 1 amide bonds. The first kappa shape index (κ1) is 23.2. The fourth-order valence-electron chi connectivity index (χ4n) is 4.28. The molecule has 4 rings (SSSR count). The lowest BCUT2D eigenvalue weighted by Crippen LogP contribution is -2.40. The zero-order chi connectivity index (χ0) is 22.7. The molecule has 1 aromatic carbocycles. The van der Waals surface area contributed by atoms with E-state index in [2.05, 4.69) is 15.2 Å². The maximum Gasteiger partial charge on any atom is 0.259 e. The van der Waals surface area contributed by atoms with Crippen LogP contribution in [0.3, 0.4) is 0 Å². The Morgan fingerprint density at radius 2 is 2.00 bits per heavy atom. The Kier molecular flexibility index (Phi) is 7.14. The molecule has 1 saturated heterocycles. The Bertz CT molecular complexity index is 1060. The number of ether oxygens (including phenoxy) is 1. The first-order chi connectivity index (χ1) is 15.4. The van der Waals surface area contributed by atoms with Crippen molar-refractivity contribution < 1.29 is 17.9 Å². The normalized spacial score (nSPS) is 18.1. The van der Waals surface area contributed by atoms with Gasteiger partial charge in [0.1, 0.15) is 0 Å². The van der Waals surface area contributed by atoms with Gasteiger partial charge in [-0.15, -0.1) is 11.3 Å². The summed E-state index contributed by atoms with van der Waals surface area (Å²) < 4.78 is 33.1. The molecule has 0 spiro atoms. The molecule has 1 N–H and O–H groups in total. The maximum absolute atomic E-state index is 13.3. The molecular formula is C22H30N4O4S2. The van der Waals surface area contributed by atoms with Crippen LogP contribution in [0.1, 0.15) is 47.8 Å². The van der Waals surface area contributed by atoms with E-state index >= 15 is 0 Å². The van der Waals surface area contributed by atoms with Crippen LogP contribution in [0.2, 0.25) is 0 Å². The number of hydrogen-bond acceptors (Lipinski definition) is 7. The summed E-state index contributed by atoms with van der Waals surface area (Å²) in [4.78, 5) is 20.9. The minimum atomic E-state index is -3.71. The van der Waals surface area contributed by atoms with Gasteiger partial charge in [0.25, 0.3) is 5.91 Å².